The topological polar surface area (TPSA) is 41.5 Å². The minimum absolute atomic E-state index is 0.162. The fourth-order valence-corrected chi connectivity index (χ4v) is 2.57. The number of rotatable bonds is 3. The molecule has 0 aromatic rings. The molecule has 15 heavy (non-hydrogen) atoms. The summed E-state index contributed by atoms with van der Waals surface area (Å²) in [5, 5.41) is 12.6. The van der Waals surface area contributed by atoms with Gasteiger partial charge in [0.05, 0.1) is 18.8 Å². The van der Waals surface area contributed by atoms with Crippen molar-refractivity contribution in [3.05, 3.63) is 0 Å². The summed E-state index contributed by atoms with van der Waals surface area (Å²) in [6, 6.07) is 0.374. The minimum atomic E-state index is -0.162. The van der Waals surface area contributed by atoms with E-state index in [9.17, 15) is 5.11 Å². The molecule has 3 heteroatoms. The standard InChI is InChI=1S/C12H23NO2/c1-9-2-4-12(5-3-9)15-8-10-6-11(14)7-13-10/h9-14H,2-8H2,1H3/t9?,10-,11+,12?/m0/s1. The lowest BCUT2D eigenvalue weighted by atomic mass is 9.89. The van der Waals surface area contributed by atoms with Crippen LogP contribution in [0.15, 0.2) is 0 Å². The highest BCUT2D eigenvalue weighted by atomic mass is 16.5. The number of aliphatic hydroxyl groups is 1. The Morgan fingerprint density at radius 1 is 1.27 bits per heavy atom. The lowest BCUT2D eigenvalue weighted by Crippen LogP contribution is -2.30. The quantitative estimate of drug-likeness (QED) is 0.742. The highest BCUT2D eigenvalue weighted by Gasteiger charge is 2.24. The van der Waals surface area contributed by atoms with Crippen molar-refractivity contribution >= 4 is 0 Å². The normalized spacial score (nSPS) is 42.0. The molecule has 1 aliphatic heterocycles. The summed E-state index contributed by atoms with van der Waals surface area (Å²) < 4.78 is 5.89. The molecule has 1 aliphatic carbocycles. The average Bonchev–Trinajstić information content (AvgIpc) is 2.64. The van der Waals surface area contributed by atoms with Crippen molar-refractivity contribution < 1.29 is 9.84 Å². The molecule has 1 saturated heterocycles. The van der Waals surface area contributed by atoms with Gasteiger partial charge in [-0.2, -0.15) is 0 Å². The van der Waals surface area contributed by atoms with Gasteiger partial charge in [-0.25, -0.2) is 0 Å². The number of hydrogen-bond donors (Lipinski definition) is 2. The van der Waals surface area contributed by atoms with Crippen LogP contribution in [0, 0.1) is 5.92 Å². The Kier molecular flexibility index (Phi) is 4.00. The molecule has 2 rings (SSSR count). The Labute approximate surface area is 92.2 Å². The third-order valence-corrected chi connectivity index (χ3v) is 3.69. The molecular weight excluding hydrogens is 190 g/mol. The van der Waals surface area contributed by atoms with Gasteiger partial charge in [-0.1, -0.05) is 6.92 Å². The summed E-state index contributed by atoms with van der Waals surface area (Å²) in [5.41, 5.74) is 0. The lowest BCUT2D eigenvalue weighted by Gasteiger charge is -2.27. The van der Waals surface area contributed by atoms with Gasteiger partial charge in [0.25, 0.3) is 0 Å². The van der Waals surface area contributed by atoms with E-state index in [1.807, 2.05) is 0 Å². The molecule has 0 radical (unpaired) electrons. The van der Waals surface area contributed by atoms with Gasteiger partial charge in [0.2, 0.25) is 0 Å². The molecule has 1 saturated carbocycles. The first-order valence-electron chi connectivity index (χ1n) is 6.27. The van der Waals surface area contributed by atoms with Crippen LogP contribution in [0.25, 0.3) is 0 Å². The summed E-state index contributed by atoms with van der Waals surface area (Å²) in [6.45, 7) is 3.83. The maximum Gasteiger partial charge on any atom is 0.0680 e. The molecule has 2 atom stereocenters. The number of nitrogens with one attached hydrogen (secondary N) is 1. The first-order chi connectivity index (χ1) is 7.24. The van der Waals surface area contributed by atoms with E-state index in [0.29, 0.717) is 12.1 Å². The molecule has 0 unspecified atom stereocenters. The smallest absolute Gasteiger partial charge is 0.0680 e. The first-order valence-corrected chi connectivity index (χ1v) is 6.27. The zero-order valence-electron chi connectivity index (χ0n) is 9.61. The predicted molar refractivity (Wildman–Crippen MR) is 59.8 cm³/mol. The molecule has 88 valence electrons. The number of ether oxygens (including phenoxy) is 1. The molecule has 0 aromatic carbocycles. The molecule has 0 aromatic heterocycles. The van der Waals surface area contributed by atoms with E-state index in [-0.39, 0.29) is 6.10 Å². The van der Waals surface area contributed by atoms with Crippen molar-refractivity contribution in [2.45, 2.75) is 57.3 Å². The van der Waals surface area contributed by atoms with Gasteiger partial charge in [0, 0.05) is 12.6 Å². The van der Waals surface area contributed by atoms with Crippen LogP contribution in [0.2, 0.25) is 0 Å². The summed E-state index contributed by atoms with van der Waals surface area (Å²) in [4.78, 5) is 0. The van der Waals surface area contributed by atoms with Crippen molar-refractivity contribution in [2.24, 2.45) is 5.92 Å². The Hall–Kier alpha value is -0.120. The van der Waals surface area contributed by atoms with E-state index in [0.717, 1.165) is 25.5 Å². The third kappa shape index (κ3) is 3.44. The molecule has 0 bridgehead atoms. The van der Waals surface area contributed by atoms with Crippen molar-refractivity contribution in [1.29, 1.82) is 0 Å². The Morgan fingerprint density at radius 2 is 2.00 bits per heavy atom. The monoisotopic (exact) mass is 213 g/mol. The van der Waals surface area contributed by atoms with Gasteiger partial charge in [0.1, 0.15) is 0 Å². The molecule has 2 N–H and O–H groups in total. The summed E-state index contributed by atoms with van der Waals surface area (Å²) in [6.07, 6.45) is 6.22. The fraction of sp³-hybridized carbons (Fsp3) is 1.00. The minimum Gasteiger partial charge on any atom is -0.392 e. The van der Waals surface area contributed by atoms with Crippen LogP contribution in [-0.2, 0) is 4.74 Å². The predicted octanol–water partition coefficient (Wildman–Crippen LogP) is 1.30. The van der Waals surface area contributed by atoms with E-state index in [4.69, 9.17) is 4.74 Å². The van der Waals surface area contributed by atoms with Crippen LogP contribution in [0.5, 0.6) is 0 Å². The second kappa shape index (κ2) is 5.28. The number of aliphatic hydroxyl groups excluding tert-OH is 1. The second-order valence-electron chi connectivity index (χ2n) is 5.21. The van der Waals surface area contributed by atoms with Crippen LogP contribution >= 0.6 is 0 Å². The highest BCUT2D eigenvalue weighted by molar-refractivity contribution is 4.81. The SMILES string of the molecule is CC1CCC(OC[C@@H]2C[C@@H](O)CN2)CC1. The summed E-state index contributed by atoms with van der Waals surface area (Å²) in [5.74, 6) is 0.885. The second-order valence-corrected chi connectivity index (χ2v) is 5.21. The maximum absolute atomic E-state index is 9.35. The molecule has 1 heterocycles. The maximum atomic E-state index is 9.35. The van der Waals surface area contributed by atoms with Crippen LogP contribution < -0.4 is 5.32 Å². The molecule has 0 amide bonds. The van der Waals surface area contributed by atoms with Gasteiger partial charge < -0.3 is 15.2 Å². The Bertz CT molecular complexity index is 190. The molecule has 3 nitrogen and oxygen atoms in total. The zero-order valence-corrected chi connectivity index (χ0v) is 9.61. The highest BCUT2D eigenvalue weighted by Crippen LogP contribution is 2.25. The van der Waals surface area contributed by atoms with E-state index in [2.05, 4.69) is 12.2 Å². The van der Waals surface area contributed by atoms with Crippen LogP contribution in [0.1, 0.15) is 39.0 Å². The Balaban J connectivity index is 1.61. The van der Waals surface area contributed by atoms with Crippen LogP contribution in [-0.4, -0.2) is 36.5 Å². The van der Waals surface area contributed by atoms with Crippen molar-refractivity contribution in [3.63, 3.8) is 0 Å². The van der Waals surface area contributed by atoms with Gasteiger partial charge in [0.15, 0.2) is 0 Å². The van der Waals surface area contributed by atoms with E-state index in [1.54, 1.807) is 0 Å². The van der Waals surface area contributed by atoms with E-state index in [1.165, 1.54) is 25.7 Å². The van der Waals surface area contributed by atoms with Crippen molar-refractivity contribution in [1.82, 2.24) is 5.32 Å². The molecular formula is C12H23NO2. The summed E-state index contributed by atoms with van der Waals surface area (Å²) in [7, 11) is 0. The molecule has 2 aliphatic rings. The van der Waals surface area contributed by atoms with Gasteiger partial charge in [-0.15, -0.1) is 0 Å². The molecule has 0 spiro atoms. The van der Waals surface area contributed by atoms with Crippen molar-refractivity contribution in [3.8, 4) is 0 Å². The summed E-state index contributed by atoms with van der Waals surface area (Å²) >= 11 is 0. The van der Waals surface area contributed by atoms with Gasteiger partial charge >= 0.3 is 0 Å². The zero-order chi connectivity index (χ0) is 10.7. The Morgan fingerprint density at radius 3 is 2.60 bits per heavy atom. The van der Waals surface area contributed by atoms with Crippen LogP contribution in [0.4, 0.5) is 0 Å². The third-order valence-electron chi connectivity index (χ3n) is 3.69. The lowest BCUT2D eigenvalue weighted by molar-refractivity contribution is 0.00926. The largest absolute Gasteiger partial charge is 0.392 e. The van der Waals surface area contributed by atoms with Gasteiger partial charge in [-0.05, 0) is 38.0 Å². The van der Waals surface area contributed by atoms with E-state index >= 15 is 0 Å². The fourth-order valence-electron chi connectivity index (χ4n) is 2.57. The number of β-amino-alcohol motifs (C(OH)–C–C–N with tert-alkyl or cyclic N) is 1. The number of hydrogen-bond acceptors (Lipinski definition) is 3. The van der Waals surface area contributed by atoms with E-state index < -0.39 is 0 Å². The van der Waals surface area contributed by atoms with Crippen LogP contribution in [0.3, 0.4) is 0 Å². The average molecular weight is 213 g/mol. The van der Waals surface area contributed by atoms with Crippen molar-refractivity contribution in [2.75, 3.05) is 13.2 Å². The van der Waals surface area contributed by atoms with Gasteiger partial charge in [-0.3, -0.25) is 0 Å². The molecule has 2 fully saturated rings. The first kappa shape index (κ1) is 11.4.